The monoisotopic (exact) mass is 398 g/mol. The van der Waals surface area contributed by atoms with E-state index in [-0.39, 0.29) is 5.69 Å². The number of nitrogens with two attached hydrogens (primary N) is 1. The Bertz CT molecular complexity index is 1190. The van der Waals surface area contributed by atoms with E-state index < -0.39 is 4.92 Å². The minimum atomic E-state index is -0.439. The Morgan fingerprint density at radius 2 is 1.33 bits per heavy atom. The summed E-state index contributed by atoms with van der Waals surface area (Å²) in [7, 11) is 1.61. The number of nitrogens with zero attached hydrogens (tertiary/aromatic N) is 3. The Morgan fingerprint density at radius 3 is 1.83 bits per heavy atom. The van der Waals surface area contributed by atoms with Gasteiger partial charge in [-0.2, -0.15) is 0 Å². The van der Waals surface area contributed by atoms with Gasteiger partial charge >= 0.3 is 0 Å². The molecular formula is C23H18N4O3. The summed E-state index contributed by atoms with van der Waals surface area (Å²) in [6.07, 6.45) is 0. The first-order chi connectivity index (χ1) is 14.6. The number of nitro benzene ring substituents is 1. The van der Waals surface area contributed by atoms with E-state index in [0.29, 0.717) is 28.5 Å². The Morgan fingerprint density at radius 1 is 0.800 bits per heavy atom. The van der Waals surface area contributed by atoms with Crippen LogP contribution in [0.3, 0.4) is 0 Å². The van der Waals surface area contributed by atoms with Crippen molar-refractivity contribution in [2.24, 2.45) is 0 Å². The molecule has 0 spiro atoms. The van der Waals surface area contributed by atoms with Crippen LogP contribution in [-0.4, -0.2) is 22.0 Å². The van der Waals surface area contributed by atoms with Gasteiger partial charge in [-0.15, -0.1) is 0 Å². The van der Waals surface area contributed by atoms with Gasteiger partial charge in [-0.1, -0.05) is 30.3 Å². The van der Waals surface area contributed by atoms with Crippen LogP contribution in [-0.2, 0) is 0 Å². The zero-order chi connectivity index (χ0) is 21.1. The summed E-state index contributed by atoms with van der Waals surface area (Å²) in [4.78, 5) is 19.9. The molecule has 1 aromatic heterocycles. The van der Waals surface area contributed by atoms with E-state index in [2.05, 4.69) is 4.98 Å². The lowest BCUT2D eigenvalue weighted by atomic mass is 10.0. The summed E-state index contributed by atoms with van der Waals surface area (Å²) in [6.45, 7) is 0. The second-order valence-corrected chi connectivity index (χ2v) is 6.56. The minimum Gasteiger partial charge on any atom is -0.497 e. The van der Waals surface area contributed by atoms with Crippen molar-refractivity contribution in [2.75, 3.05) is 12.8 Å². The third kappa shape index (κ3) is 3.68. The standard InChI is InChI=1S/C23H18N4O3/c1-30-19-13-9-16(10-14-19)22-20(24)21(15-7-11-18(12-8-15)27(28)29)25-23(26-22)17-5-3-2-4-6-17/h2-14H,24H2,1H3. The Balaban J connectivity index is 1.91. The number of ether oxygens (including phenoxy) is 1. The second kappa shape index (κ2) is 8.00. The van der Waals surface area contributed by atoms with Gasteiger partial charge in [0, 0.05) is 28.8 Å². The number of non-ortho nitro benzene ring substituents is 1. The Hall–Kier alpha value is -4.26. The molecular weight excluding hydrogens is 380 g/mol. The topological polar surface area (TPSA) is 104 Å². The summed E-state index contributed by atoms with van der Waals surface area (Å²) in [5.41, 5.74) is 10.3. The molecule has 2 N–H and O–H groups in total. The van der Waals surface area contributed by atoms with Gasteiger partial charge in [0.25, 0.3) is 5.69 Å². The normalized spacial score (nSPS) is 10.6. The molecule has 0 amide bonds. The molecule has 0 aliphatic rings. The highest BCUT2D eigenvalue weighted by molar-refractivity contribution is 5.86. The molecule has 1 heterocycles. The Labute approximate surface area is 173 Å². The number of methoxy groups -OCH3 is 1. The van der Waals surface area contributed by atoms with Gasteiger partial charge in [-0.25, -0.2) is 9.97 Å². The lowest BCUT2D eigenvalue weighted by Crippen LogP contribution is -2.03. The molecule has 4 aromatic rings. The van der Waals surface area contributed by atoms with Crippen molar-refractivity contribution >= 4 is 11.4 Å². The maximum Gasteiger partial charge on any atom is 0.269 e. The van der Waals surface area contributed by atoms with Gasteiger partial charge in [0.15, 0.2) is 5.82 Å². The number of nitrogen functional groups attached to an aromatic ring is 1. The largest absolute Gasteiger partial charge is 0.497 e. The third-order valence-corrected chi connectivity index (χ3v) is 4.69. The fourth-order valence-corrected chi connectivity index (χ4v) is 3.12. The highest BCUT2D eigenvalue weighted by Crippen LogP contribution is 2.35. The van der Waals surface area contributed by atoms with Gasteiger partial charge in [-0.3, -0.25) is 10.1 Å². The zero-order valence-corrected chi connectivity index (χ0v) is 16.1. The third-order valence-electron chi connectivity index (χ3n) is 4.69. The van der Waals surface area contributed by atoms with Crippen LogP contribution in [0.2, 0.25) is 0 Å². The van der Waals surface area contributed by atoms with Gasteiger partial charge in [0.1, 0.15) is 5.75 Å². The van der Waals surface area contributed by atoms with Crippen molar-refractivity contribution < 1.29 is 9.66 Å². The van der Waals surface area contributed by atoms with Crippen molar-refractivity contribution in [3.8, 4) is 39.7 Å². The molecule has 7 heteroatoms. The summed E-state index contributed by atoms with van der Waals surface area (Å²) < 4.78 is 5.23. The van der Waals surface area contributed by atoms with Gasteiger partial charge in [0.2, 0.25) is 0 Å². The SMILES string of the molecule is COc1ccc(-c2nc(-c3ccccc3)nc(-c3ccc([N+](=O)[O-])cc3)c2N)cc1. The van der Waals surface area contributed by atoms with Crippen molar-refractivity contribution in [3.63, 3.8) is 0 Å². The summed E-state index contributed by atoms with van der Waals surface area (Å²) >= 11 is 0. The van der Waals surface area contributed by atoms with E-state index in [1.54, 1.807) is 19.2 Å². The Kier molecular flexibility index (Phi) is 5.09. The van der Waals surface area contributed by atoms with Crippen LogP contribution in [0.5, 0.6) is 5.75 Å². The molecule has 0 saturated carbocycles. The molecule has 0 saturated heterocycles. The summed E-state index contributed by atoms with van der Waals surface area (Å²) in [5.74, 6) is 1.24. The van der Waals surface area contributed by atoms with Gasteiger partial charge in [-0.05, 0) is 36.4 Å². The average molecular weight is 398 g/mol. The predicted molar refractivity (Wildman–Crippen MR) is 116 cm³/mol. The van der Waals surface area contributed by atoms with Crippen LogP contribution in [0.1, 0.15) is 0 Å². The lowest BCUT2D eigenvalue weighted by Gasteiger charge is -2.13. The number of rotatable bonds is 5. The molecule has 30 heavy (non-hydrogen) atoms. The fourth-order valence-electron chi connectivity index (χ4n) is 3.12. The predicted octanol–water partition coefficient (Wildman–Crippen LogP) is 4.98. The maximum absolute atomic E-state index is 11.0. The first-order valence-electron chi connectivity index (χ1n) is 9.19. The molecule has 3 aromatic carbocycles. The van der Waals surface area contributed by atoms with Crippen LogP contribution in [0.25, 0.3) is 33.9 Å². The zero-order valence-electron chi connectivity index (χ0n) is 16.1. The van der Waals surface area contributed by atoms with E-state index in [9.17, 15) is 10.1 Å². The number of hydrogen-bond donors (Lipinski definition) is 1. The molecule has 148 valence electrons. The van der Waals surface area contributed by atoms with Gasteiger partial charge in [0.05, 0.1) is 29.1 Å². The average Bonchev–Trinajstić information content (AvgIpc) is 2.80. The highest BCUT2D eigenvalue weighted by Gasteiger charge is 2.17. The molecule has 4 rings (SSSR count). The number of aromatic nitrogens is 2. The first-order valence-corrected chi connectivity index (χ1v) is 9.19. The smallest absolute Gasteiger partial charge is 0.269 e. The molecule has 0 radical (unpaired) electrons. The fraction of sp³-hybridized carbons (Fsp3) is 0.0435. The minimum absolute atomic E-state index is 0.00467. The maximum atomic E-state index is 11.0. The summed E-state index contributed by atoms with van der Waals surface area (Å²) in [5, 5.41) is 11.0. The van der Waals surface area contributed by atoms with E-state index in [1.807, 2.05) is 54.6 Å². The number of anilines is 1. The summed E-state index contributed by atoms with van der Waals surface area (Å²) in [6, 6.07) is 23.2. The number of nitro groups is 1. The van der Waals surface area contributed by atoms with E-state index in [0.717, 1.165) is 16.9 Å². The molecule has 0 aliphatic carbocycles. The molecule has 0 atom stereocenters. The van der Waals surface area contributed by atoms with Gasteiger partial charge < -0.3 is 10.5 Å². The van der Waals surface area contributed by atoms with Crippen LogP contribution < -0.4 is 10.5 Å². The quantitative estimate of drug-likeness (QED) is 0.376. The molecule has 0 aliphatic heterocycles. The van der Waals surface area contributed by atoms with E-state index in [4.69, 9.17) is 15.5 Å². The molecule has 0 unspecified atom stereocenters. The van der Waals surface area contributed by atoms with Crippen LogP contribution in [0.4, 0.5) is 11.4 Å². The van der Waals surface area contributed by atoms with E-state index >= 15 is 0 Å². The molecule has 0 fully saturated rings. The van der Waals surface area contributed by atoms with Crippen LogP contribution >= 0.6 is 0 Å². The first kappa shape index (κ1) is 19.1. The number of hydrogen-bond acceptors (Lipinski definition) is 6. The molecule has 0 bridgehead atoms. The van der Waals surface area contributed by atoms with Crippen molar-refractivity contribution in [1.82, 2.24) is 9.97 Å². The van der Waals surface area contributed by atoms with Crippen molar-refractivity contribution in [2.45, 2.75) is 0 Å². The van der Waals surface area contributed by atoms with Crippen LogP contribution in [0.15, 0.2) is 78.9 Å². The molecule has 7 nitrogen and oxygen atoms in total. The van der Waals surface area contributed by atoms with E-state index in [1.165, 1.54) is 12.1 Å². The number of benzene rings is 3. The van der Waals surface area contributed by atoms with Crippen molar-refractivity contribution in [3.05, 3.63) is 89.0 Å². The second-order valence-electron chi connectivity index (χ2n) is 6.56. The lowest BCUT2D eigenvalue weighted by molar-refractivity contribution is -0.384. The highest BCUT2D eigenvalue weighted by atomic mass is 16.6. The van der Waals surface area contributed by atoms with Crippen LogP contribution in [0, 0.1) is 10.1 Å². The van der Waals surface area contributed by atoms with Crippen molar-refractivity contribution in [1.29, 1.82) is 0 Å².